The minimum atomic E-state index is -0.552. The fourth-order valence-electron chi connectivity index (χ4n) is 2.89. The van der Waals surface area contributed by atoms with Crippen molar-refractivity contribution >= 4 is 23.0 Å². The number of aliphatic hydroxyl groups is 1. The van der Waals surface area contributed by atoms with Gasteiger partial charge in [-0.3, -0.25) is 10.1 Å². The first kappa shape index (κ1) is 14.8. The molecule has 2 atom stereocenters. The van der Waals surface area contributed by atoms with E-state index in [0.29, 0.717) is 17.7 Å². The van der Waals surface area contributed by atoms with Gasteiger partial charge in [-0.2, -0.15) is 0 Å². The highest BCUT2D eigenvalue weighted by Gasteiger charge is 2.31. The second kappa shape index (κ2) is 5.59. The van der Waals surface area contributed by atoms with E-state index in [9.17, 15) is 15.2 Å². The minimum Gasteiger partial charge on any atom is -0.390 e. The maximum atomic E-state index is 10.9. The fraction of sp³-hybridized carbons (Fsp3) is 0.250. The quantitative estimate of drug-likeness (QED) is 0.669. The number of nitro benzene ring substituents is 1. The summed E-state index contributed by atoms with van der Waals surface area (Å²) in [6, 6.07) is 10.5. The predicted octanol–water partition coefficient (Wildman–Crippen LogP) is 3.63. The molecular formula is C16H15ClN2O3. The first-order valence-corrected chi connectivity index (χ1v) is 7.32. The summed E-state index contributed by atoms with van der Waals surface area (Å²) in [5.74, 6) is 0. The highest BCUT2D eigenvalue weighted by molar-refractivity contribution is 6.33. The molecule has 0 spiro atoms. The lowest BCUT2D eigenvalue weighted by Gasteiger charge is -2.20. The Balaban J connectivity index is 1.94. The lowest BCUT2D eigenvalue weighted by molar-refractivity contribution is -0.385. The number of benzene rings is 2. The van der Waals surface area contributed by atoms with E-state index >= 15 is 0 Å². The van der Waals surface area contributed by atoms with Gasteiger partial charge in [-0.15, -0.1) is 0 Å². The molecule has 2 N–H and O–H groups in total. The number of nitro groups is 1. The normalized spacial score (nSPS) is 19.8. The van der Waals surface area contributed by atoms with E-state index in [1.807, 2.05) is 24.3 Å². The van der Waals surface area contributed by atoms with Crippen LogP contribution in [-0.4, -0.2) is 16.1 Å². The molecule has 0 aliphatic heterocycles. The number of hydrogen-bond acceptors (Lipinski definition) is 4. The maximum absolute atomic E-state index is 10.9. The van der Waals surface area contributed by atoms with Gasteiger partial charge < -0.3 is 10.4 Å². The summed E-state index contributed by atoms with van der Waals surface area (Å²) in [6.45, 7) is 1.67. The average molecular weight is 319 g/mol. The van der Waals surface area contributed by atoms with Gasteiger partial charge in [0.1, 0.15) is 0 Å². The van der Waals surface area contributed by atoms with E-state index in [1.54, 1.807) is 13.0 Å². The Morgan fingerprint density at radius 2 is 2.09 bits per heavy atom. The van der Waals surface area contributed by atoms with Gasteiger partial charge in [0.05, 0.1) is 27.8 Å². The van der Waals surface area contributed by atoms with Gasteiger partial charge in [-0.1, -0.05) is 35.9 Å². The van der Waals surface area contributed by atoms with Crippen LogP contribution in [0.1, 0.15) is 22.7 Å². The molecule has 0 fully saturated rings. The van der Waals surface area contributed by atoms with Crippen LogP contribution in [0.5, 0.6) is 0 Å². The monoisotopic (exact) mass is 318 g/mol. The largest absolute Gasteiger partial charge is 0.390 e. The summed E-state index contributed by atoms with van der Waals surface area (Å²) in [7, 11) is 0. The van der Waals surface area contributed by atoms with Gasteiger partial charge in [0.15, 0.2) is 0 Å². The van der Waals surface area contributed by atoms with E-state index in [-0.39, 0.29) is 16.8 Å². The number of nitrogens with zero attached hydrogens (tertiary/aromatic N) is 1. The zero-order chi connectivity index (χ0) is 15.9. The molecule has 0 saturated carbocycles. The summed E-state index contributed by atoms with van der Waals surface area (Å²) < 4.78 is 0. The molecule has 114 valence electrons. The van der Waals surface area contributed by atoms with E-state index in [1.165, 1.54) is 6.07 Å². The zero-order valence-corrected chi connectivity index (χ0v) is 12.7. The predicted molar refractivity (Wildman–Crippen MR) is 85.4 cm³/mol. The Bertz CT molecular complexity index is 748. The number of rotatable bonds is 3. The van der Waals surface area contributed by atoms with Crippen LogP contribution < -0.4 is 5.32 Å². The Hall–Kier alpha value is -2.11. The van der Waals surface area contributed by atoms with Crippen LogP contribution in [0, 0.1) is 17.0 Å². The van der Waals surface area contributed by atoms with Gasteiger partial charge in [0.2, 0.25) is 0 Å². The zero-order valence-electron chi connectivity index (χ0n) is 11.9. The van der Waals surface area contributed by atoms with Crippen LogP contribution in [0.2, 0.25) is 5.02 Å². The van der Waals surface area contributed by atoms with Gasteiger partial charge in [0, 0.05) is 18.1 Å². The van der Waals surface area contributed by atoms with Gasteiger partial charge in [-0.25, -0.2) is 0 Å². The van der Waals surface area contributed by atoms with Gasteiger partial charge in [0.25, 0.3) is 5.69 Å². The molecule has 0 amide bonds. The smallest absolute Gasteiger partial charge is 0.273 e. The van der Waals surface area contributed by atoms with Crippen molar-refractivity contribution in [2.75, 3.05) is 5.32 Å². The lowest BCUT2D eigenvalue weighted by Crippen LogP contribution is -2.21. The summed E-state index contributed by atoms with van der Waals surface area (Å²) in [5.41, 5.74) is 3.23. The van der Waals surface area contributed by atoms with Crippen molar-refractivity contribution in [3.63, 3.8) is 0 Å². The summed E-state index contributed by atoms with van der Waals surface area (Å²) in [6.07, 6.45) is 0.0289. The number of hydrogen-bond donors (Lipinski definition) is 2. The molecule has 22 heavy (non-hydrogen) atoms. The first-order chi connectivity index (χ1) is 10.5. The van der Waals surface area contributed by atoms with Crippen molar-refractivity contribution in [3.05, 3.63) is 68.2 Å². The number of aliphatic hydroxyl groups excluding tert-OH is 1. The second-order valence-corrected chi connectivity index (χ2v) is 5.88. The average Bonchev–Trinajstić information content (AvgIpc) is 2.78. The number of aryl methyl sites for hydroxylation is 1. The molecule has 2 aromatic rings. The molecule has 0 bridgehead atoms. The van der Waals surface area contributed by atoms with Crippen molar-refractivity contribution < 1.29 is 10.0 Å². The van der Waals surface area contributed by atoms with Crippen LogP contribution in [-0.2, 0) is 6.42 Å². The van der Waals surface area contributed by atoms with Crippen molar-refractivity contribution in [2.45, 2.75) is 25.5 Å². The molecule has 5 nitrogen and oxygen atoms in total. The Kier molecular flexibility index (Phi) is 3.76. The number of nitrogens with one attached hydrogen (secondary N) is 1. The van der Waals surface area contributed by atoms with Gasteiger partial charge >= 0.3 is 0 Å². The molecule has 3 rings (SSSR count). The van der Waals surface area contributed by atoms with Crippen molar-refractivity contribution in [3.8, 4) is 0 Å². The van der Waals surface area contributed by atoms with Crippen LogP contribution in [0.15, 0.2) is 36.4 Å². The highest BCUT2D eigenvalue weighted by atomic mass is 35.5. The lowest BCUT2D eigenvalue weighted by atomic mass is 10.1. The van der Waals surface area contributed by atoms with Crippen LogP contribution >= 0.6 is 11.6 Å². The van der Waals surface area contributed by atoms with Crippen molar-refractivity contribution in [1.29, 1.82) is 0 Å². The maximum Gasteiger partial charge on any atom is 0.273 e. The van der Waals surface area contributed by atoms with Crippen molar-refractivity contribution in [1.82, 2.24) is 0 Å². The van der Waals surface area contributed by atoms with Crippen LogP contribution in [0.25, 0.3) is 0 Å². The number of fused-ring (bicyclic) bond motifs is 1. The molecule has 0 radical (unpaired) electrons. The summed E-state index contributed by atoms with van der Waals surface area (Å²) in [4.78, 5) is 10.5. The molecule has 1 aliphatic carbocycles. The first-order valence-electron chi connectivity index (χ1n) is 6.94. The standard InChI is InChI=1S/C16H15ClN2O3/c1-9-6-13(12(17)8-14(9)19(21)22)18-16-11-5-3-2-4-10(11)7-15(16)20/h2-6,8,15-16,18,20H,7H2,1H3/t15-,16+/m1/s1. The van der Waals surface area contributed by atoms with E-state index in [4.69, 9.17) is 11.6 Å². The van der Waals surface area contributed by atoms with E-state index in [2.05, 4.69) is 5.32 Å². The van der Waals surface area contributed by atoms with Crippen molar-refractivity contribution in [2.24, 2.45) is 0 Å². The van der Waals surface area contributed by atoms with E-state index < -0.39 is 11.0 Å². The minimum absolute atomic E-state index is 0.0112. The second-order valence-electron chi connectivity index (χ2n) is 5.47. The number of anilines is 1. The Morgan fingerprint density at radius 1 is 1.36 bits per heavy atom. The van der Waals surface area contributed by atoms with Gasteiger partial charge in [-0.05, 0) is 24.1 Å². The number of halogens is 1. The molecule has 6 heteroatoms. The SMILES string of the molecule is Cc1cc(N[C@H]2c3ccccc3C[C@H]2O)c(Cl)cc1[N+](=O)[O-]. The third-order valence-corrected chi connectivity index (χ3v) is 4.31. The summed E-state index contributed by atoms with van der Waals surface area (Å²) in [5, 5.41) is 24.7. The molecule has 0 aromatic heterocycles. The Morgan fingerprint density at radius 3 is 2.82 bits per heavy atom. The molecule has 1 aliphatic rings. The molecule has 0 heterocycles. The Labute approximate surface area is 132 Å². The van der Waals surface area contributed by atoms with Crippen LogP contribution in [0.4, 0.5) is 11.4 Å². The highest BCUT2D eigenvalue weighted by Crippen LogP contribution is 2.37. The third-order valence-electron chi connectivity index (χ3n) is 4.00. The molecule has 0 saturated heterocycles. The van der Waals surface area contributed by atoms with Crippen LogP contribution in [0.3, 0.4) is 0 Å². The molecule has 2 aromatic carbocycles. The van der Waals surface area contributed by atoms with E-state index in [0.717, 1.165) is 11.1 Å². The molecule has 0 unspecified atom stereocenters. The fourth-order valence-corrected chi connectivity index (χ4v) is 3.11. The summed E-state index contributed by atoms with van der Waals surface area (Å²) >= 11 is 6.15. The topological polar surface area (TPSA) is 75.4 Å². The third kappa shape index (κ3) is 2.53. The molecular weight excluding hydrogens is 304 g/mol.